The van der Waals surface area contributed by atoms with E-state index in [0.29, 0.717) is 37.6 Å². The average Bonchev–Trinajstić information content (AvgIpc) is 3.39. The molecule has 0 radical (unpaired) electrons. The van der Waals surface area contributed by atoms with E-state index in [9.17, 15) is 14.9 Å². The van der Waals surface area contributed by atoms with Crippen LogP contribution >= 0.6 is 34.7 Å². The van der Waals surface area contributed by atoms with Crippen LogP contribution in [0.5, 0.6) is 0 Å². The molecule has 0 bridgehead atoms. The molecule has 2 aromatic carbocycles. The number of ether oxygens (including phenoxy) is 1. The number of halogens is 1. The molecule has 0 unspecified atom stereocenters. The van der Waals surface area contributed by atoms with Crippen molar-refractivity contribution in [3.63, 3.8) is 0 Å². The predicted octanol–water partition coefficient (Wildman–Crippen LogP) is 5.61. The lowest BCUT2D eigenvalue weighted by atomic mass is 9.82. The minimum atomic E-state index is -0.679. The molecule has 2 heterocycles. The Morgan fingerprint density at radius 2 is 1.97 bits per heavy atom. The van der Waals surface area contributed by atoms with Crippen LogP contribution in [0.2, 0.25) is 5.02 Å². The first-order valence-corrected chi connectivity index (χ1v) is 13.1. The van der Waals surface area contributed by atoms with Crippen LogP contribution in [-0.2, 0) is 20.9 Å². The fraction of sp³-hybridized carbons (Fsp3) is 0.154. The first kappa shape index (κ1) is 25.5. The first-order chi connectivity index (χ1) is 17.5. The quantitative estimate of drug-likeness (QED) is 0.361. The number of hydrogen-bond donors (Lipinski definition) is 2. The Balaban J connectivity index is 1.60. The lowest BCUT2D eigenvalue weighted by molar-refractivity contribution is -0.140. The van der Waals surface area contributed by atoms with Crippen molar-refractivity contribution in [1.29, 1.82) is 5.26 Å². The highest BCUT2D eigenvalue weighted by atomic mass is 35.5. The van der Waals surface area contributed by atoms with Crippen LogP contribution in [-0.4, -0.2) is 22.6 Å². The van der Waals surface area contributed by atoms with Crippen molar-refractivity contribution >= 4 is 51.7 Å². The van der Waals surface area contributed by atoms with Gasteiger partial charge in [0, 0.05) is 22.3 Å². The normalized spacial score (nSPS) is 15.2. The molecule has 0 saturated carbocycles. The summed E-state index contributed by atoms with van der Waals surface area (Å²) in [5.74, 6) is -1.40. The number of thiazole rings is 1. The Morgan fingerprint density at radius 3 is 2.64 bits per heavy atom. The van der Waals surface area contributed by atoms with Crippen LogP contribution in [0, 0.1) is 11.3 Å². The van der Waals surface area contributed by atoms with Gasteiger partial charge in [0.15, 0.2) is 5.13 Å². The highest BCUT2D eigenvalue weighted by molar-refractivity contribution is 8.03. The molecule has 0 fully saturated rings. The smallest absolute Gasteiger partial charge is 0.337 e. The lowest BCUT2D eigenvalue weighted by Gasteiger charge is -2.29. The third-order valence-corrected chi connectivity index (χ3v) is 7.27. The van der Waals surface area contributed by atoms with E-state index in [-0.39, 0.29) is 18.3 Å². The van der Waals surface area contributed by atoms with E-state index in [2.05, 4.69) is 21.7 Å². The zero-order valence-corrected chi connectivity index (χ0v) is 21.5. The fourth-order valence-electron chi connectivity index (χ4n) is 3.66. The molecule has 0 aliphatic carbocycles. The second kappa shape index (κ2) is 11.9. The topological polar surface area (TPSA) is 104 Å². The summed E-state index contributed by atoms with van der Waals surface area (Å²) in [4.78, 5) is 29.8. The number of carbonyl (C=O) groups is 2. The van der Waals surface area contributed by atoms with Crippen LogP contribution in [0.3, 0.4) is 0 Å². The summed E-state index contributed by atoms with van der Waals surface area (Å²) < 4.78 is 5.63. The zero-order chi connectivity index (χ0) is 25.5. The third-order valence-electron chi connectivity index (χ3n) is 5.31. The summed E-state index contributed by atoms with van der Waals surface area (Å²) in [5.41, 5.74) is 2.78. The molecule has 1 aliphatic heterocycles. The molecule has 1 atom stereocenters. The number of hydrogen-bond acceptors (Lipinski definition) is 8. The zero-order valence-electron chi connectivity index (χ0n) is 19.2. The van der Waals surface area contributed by atoms with Crippen LogP contribution in [0.15, 0.2) is 88.0 Å². The van der Waals surface area contributed by atoms with Crippen molar-refractivity contribution in [1.82, 2.24) is 10.3 Å². The van der Waals surface area contributed by atoms with Crippen LogP contribution in [0.4, 0.5) is 5.13 Å². The first-order valence-electron chi connectivity index (χ1n) is 10.9. The monoisotopic (exact) mass is 536 g/mol. The van der Waals surface area contributed by atoms with Gasteiger partial charge >= 0.3 is 5.97 Å². The van der Waals surface area contributed by atoms with Gasteiger partial charge in [-0.05, 0) is 30.2 Å². The minimum absolute atomic E-state index is 0.0570. The average molecular weight is 537 g/mol. The SMILES string of the molecule is CC1=C(C(=O)OCc2ccccc2)[C@H](c2ccc(Cl)cc2)C(C#N)=C(SCC(=O)Nc2nccs2)N1. The van der Waals surface area contributed by atoms with E-state index < -0.39 is 11.9 Å². The van der Waals surface area contributed by atoms with Crippen molar-refractivity contribution in [3.05, 3.63) is 104 Å². The maximum absolute atomic E-state index is 13.3. The number of amides is 1. The summed E-state index contributed by atoms with van der Waals surface area (Å²) >= 11 is 8.60. The fourth-order valence-corrected chi connectivity index (χ4v) is 5.23. The summed E-state index contributed by atoms with van der Waals surface area (Å²) in [6.45, 7) is 1.86. The molecule has 182 valence electrons. The number of rotatable bonds is 8. The highest BCUT2D eigenvalue weighted by Crippen LogP contribution is 2.41. The van der Waals surface area contributed by atoms with Crippen molar-refractivity contribution in [2.75, 3.05) is 11.1 Å². The molecule has 4 rings (SSSR count). The molecular weight excluding hydrogens is 516 g/mol. The number of allylic oxidation sites excluding steroid dienone is 2. The molecule has 3 aromatic rings. The summed E-state index contributed by atoms with van der Waals surface area (Å²) in [7, 11) is 0. The molecule has 10 heteroatoms. The van der Waals surface area contributed by atoms with Gasteiger partial charge in [0.1, 0.15) is 6.61 Å². The van der Waals surface area contributed by atoms with Gasteiger partial charge in [0.2, 0.25) is 5.91 Å². The van der Waals surface area contributed by atoms with Crippen molar-refractivity contribution in [3.8, 4) is 6.07 Å². The van der Waals surface area contributed by atoms with E-state index in [4.69, 9.17) is 16.3 Å². The molecule has 1 amide bonds. The number of anilines is 1. The number of benzene rings is 2. The van der Waals surface area contributed by atoms with Gasteiger partial charge in [-0.3, -0.25) is 4.79 Å². The van der Waals surface area contributed by atoms with Gasteiger partial charge < -0.3 is 15.4 Å². The van der Waals surface area contributed by atoms with Gasteiger partial charge in [-0.1, -0.05) is 65.8 Å². The Kier molecular flexibility index (Phi) is 8.44. The molecular formula is C26H21ClN4O3S2. The van der Waals surface area contributed by atoms with Gasteiger partial charge in [-0.15, -0.1) is 11.3 Å². The summed E-state index contributed by atoms with van der Waals surface area (Å²) in [5, 5.41) is 19.3. The Morgan fingerprint density at radius 1 is 1.22 bits per heavy atom. The largest absolute Gasteiger partial charge is 0.457 e. The van der Waals surface area contributed by atoms with Crippen molar-refractivity contribution in [2.45, 2.75) is 19.4 Å². The number of carbonyl (C=O) groups excluding carboxylic acids is 2. The summed E-state index contributed by atoms with van der Waals surface area (Å²) in [6, 6.07) is 18.6. The second-order valence-electron chi connectivity index (χ2n) is 7.74. The lowest BCUT2D eigenvalue weighted by Crippen LogP contribution is -2.29. The van der Waals surface area contributed by atoms with Crippen LogP contribution < -0.4 is 10.6 Å². The second-order valence-corrected chi connectivity index (χ2v) is 10.1. The number of dihydropyridines is 1. The maximum Gasteiger partial charge on any atom is 0.337 e. The number of nitriles is 1. The molecule has 2 N–H and O–H groups in total. The number of nitrogens with one attached hydrogen (secondary N) is 2. The third kappa shape index (κ3) is 6.15. The Hall–Kier alpha value is -3.58. The van der Waals surface area contributed by atoms with Gasteiger partial charge in [0.25, 0.3) is 0 Å². The molecule has 1 aromatic heterocycles. The maximum atomic E-state index is 13.3. The Bertz CT molecular complexity index is 1350. The van der Waals surface area contributed by atoms with E-state index in [1.54, 1.807) is 42.8 Å². The van der Waals surface area contributed by atoms with Gasteiger partial charge in [0.05, 0.1) is 33.9 Å². The van der Waals surface area contributed by atoms with E-state index in [0.717, 1.165) is 5.56 Å². The van der Waals surface area contributed by atoms with Crippen molar-refractivity contribution < 1.29 is 14.3 Å². The van der Waals surface area contributed by atoms with Crippen LogP contribution in [0.1, 0.15) is 24.0 Å². The number of aromatic nitrogens is 1. The van der Waals surface area contributed by atoms with E-state index in [1.165, 1.54) is 23.1 Å². The van der Waals surface area contributed by atoms with Crippen molar-refractivity contribution in [2.24, 2.45) is 0 Å². The predicted molar refractivity (Wildman–Crippen MR) is 142 cm³/mol. The number of esters is 1. The number of thioether (sulfide) groups is 1. The molecule has 36 heavy (non-hydrogen) atoms. The van der Waals surface area contributed by atoms with Gasteiger partial charge in [-0.25, -0.2) is 9.78 Å². The minimum Gasteiger partial charge on any atom is -0.457 e. The highest BCUT2D eigenvalue weighted by Gasteiger charge is 2.35. The van der Waals surface area contributed by atoms with E-state index >= 15 is 0 Å². The molecule has 7 nitrogen and oxygen atoms in total. The summed E-state index contributed by atoms with van der Waals surface area (Å²) in [6.07, 6.45) is 1.61. The number of nitrogens with zero attached hydrogens (tertiary/aromatic N) is 2. The van der Waals surface area contributed by atoms with Crippen LogP contribution in [0.25, 0.3) is 0 Å². The van der Waals surface area contributed by atoms with E-state index in [1.807, 2.05) is 30.3 Å². The standard InChI is InChI=1S/C26H21ClN4O3S2/c1-16-22(25(33)34-14-17-5-3-2-4-6-17)23(18-7-9-19(27)10-8-18)20(13-28)24(30-16)36-15-21(32)31-26-29-11-12-35-26/h2-12,23,30H,14-15H2,1H3,(H,29,31,32)/t23-/m1/s1. The molecule has 0 saturated heterocycles. The Labute approximate surface area is 221 Å². The molecule has 0 spiro atoms. The molecule has 1 aliphatic rings. The van der Waals surface area contributed by atoms with Gasteiger partial charge in [-0.2, -0.15) is 5.26 Å².